The Bertz CT molecular complexity index is 826. The summed E-state index contributed by atoms with van der Waals surface area (Å²) in [4.78, 5) is 7.35. The minimum Gasteiger partial charge on any atom is -0.351 e. The lowest BCUT2D eigenvalue weighted by Gasteiger charge is -2.07. The molecule has 2 nitrogen and oxygen atoms in total. The lowest BCUT2D eigenvalue weighted by atomic mass is 9.99. The van der Waals surface area contributed by atoms with Crippen molar-refractivity contribution >= 4 is 5.57 Å². The highest BCUT2D eigenvalue weighted by atomic mass is 19.1. The fourth-order valence-electron chi connectivity index (χ4n) is 3.17. The Morgan fingerprint density at radius 1 is 1.08 bits per heavy atom. The number of unbranched alkanes of at least 4 members (excludes halogenated alkanes) is 1. The third-order valence-corrected chi connectivity index (χ3v) is 4.23. The van der Waals surface area contributed by atoms with Crippen LogP contribution in [0.25, 0.3) is 5.57 Å². The molecule has 1 heterocycles. The van der Waals surface area contributed by atoms with Crippen molar-refractivity contribution in [2.24, 2.45) is 0 Å². The summed E-state index contributed by atoms with van der Waals surface area (Å²) in [5.41, 5.74) is 6.93. The Kier molecular flexibility index (Phi) is 5.44. The number of halogens is 1. The minimum absolute atomic E-state index is 0.222. The first kappa shape index (κ1) is 17.2. The predicted molar refractivity (Wildman–Crippen MR) is 101 cm³/mol. The molecule has 0 aliphatic rings. The van der Waals surface area contributed by atoms with Crippen LogP contribution < -0.4 is 0 Å². The molecular formula is C22H23FN2. The highest BCUT2D eigenvalue weighted by Crippen LogP contribution is 2.23. The Balaban J connectivity index is 1.72. The van der Waals surface area contributed by atoms with Crippen LogP contribution in [-0.4, -0.2) is 9.97 Å². The summed E-state index contributed by atoms with van der Waals surface area (Å²) in [6.07, 6.45) is 8.81. The molecule has 128 valence electrons. The van der Waals surface area contributed by atoms with Gasteiger partial charge in [0.1, 0.15) is 5.82 Å². The normalized spacial score (nSPS) is 11.7. The third-order valence-electron chi connectivity index (χ3n) is 4.23. The van der Waals surface area contributed by atoms with Crippen LogP contribution in [0.3, 0.4) is 0 Å². The second-order valence-electron chi connectivity index (χ2n) is 6.47. The van der Waals surface area contributed by atoms with Gasteiger partial charge in [-0.1, -0.05) is 47.5 Å². The Hall–Kier alpha value is -2.68. The monoisotopic (exact) mass is 334 g/mol. The van der Waals surface area contributed by atoms with Crippen LogP contribution in [0.4, 0.5) is 4.39 Å². The number of benzene rings is 2. The fourth-order valence-corrected chi connectivity index (χ4v) is 3.17. The van der Waals surface area contributed by atoms with Gasteiger partial charge in [0.25, 0.3) is 0 Å². The number of aryl methyl sites for hydroxylation is 3. The molecule has 0 aliphatic heterocycles. The number of H-pyrrole nitrogens is 1. The van der Waals surface area contributed by atoms with Gasteiger partial charge in [0.2, 0.25) is 0 Å². The molecule has 0 fully saturated rings. The zero-order chi connectivity index (χ0) is 17.6. The van der Waals surface area contributed by atoms with Crippen molar-refractivity contribution in [2.45, 2.75) is 33.1 Å². The van der Waals surface area contributed by atoms with E-state index >= 15 is 0 Å². The number of imidazole rings is 1. The molecule has 0 spiro atoms. The highest BCUT2D eigenvalue weighted by molar-refractivity contribution is 5.77. The molecule has 0 atom stereocenters. The van der Waals surface area contributed by atoms with Crippen LogP contribution in [0.1, 0.15) is 40.8 Å². The molecule has 0 unspecified atom stereocenters. The van der Waals surface area contributed by atoms with Crippen molar-refractivity contribution in [1.82, 2.24) is 9.97 Å². The molecule has 25 heavy (non-hydrogen) atoms. The third kappa shape index (κ3) is 4.66. The van der Waals surface area contributed by atoms with Crippen molar-refractivity contribution in [2.75, 3.05) is 0 Å². The Labute approximate surface area is 148 Å². The van der Waals surface area contributed by atoms with Crippen LogP contribution >= 0.6 is 0 Å². The zero-order valence-electron chi connectivity index (χ0n) is 14.7. The zero-order valence-corrected chi connectivity index (χ0v) is 14.7. The van der Waals surface area contributed by atoms with Gasteiger partial charge in [-0.05, 0) is 56.4 Å². The van der Waals surface area contributed by atoms with E-state index in [-0.39, 0.29) is 5.82 Å². The summed E-state index contributed by atoms with van der Waals surface area (Å²) in [5, 5.41) is 0. The second-order valence-corrected chi connectivity index (χ2v) is 6.47. The van der Waals surface area contributed by atoms with E-state index in [1.807, 2.05) is 6.20 Å². The van der Waals surface area contributed by atoms with Gasteiger partial charge >= 0.3 is 0 Å². The number of hydrogen-bond donors (Lipinski definition) is 1. The maximum Gasteiger partial charge on any atom is 0.123 e. The molecule has 0 bridgehead atoms. The van der Waals surface area contributed by atoms with E-state index in [9.17, 15) is 4.39 Å². The van der Waals surface area contributed by atoms with E-state index in [4.69, 9.17) is 0 Å². The second kappa shape index (κ2) is 7.93. The molecule has 0 saturated carbocycles. The molecule has 1 aromatic heterocycles. The average molecular weight is 334 g/mol. The maximum atomic E-state index is 13.2. The van der Waals surface area contributed by atoms with Crippen molar-refractivity contribution in [1.29, 1.82) is 0 Å². The van der Waals surface area contributed by atoms with Crippen LogP contribution in [0.15, 0.2) is 61.1 Å². The van der Waals surface area contributed by atoms with E-state index in [0.717, 1.165) is 36.1 Å². The van der Waals surface area contributed by atoms with E-state index in [2.05, 4.69) is 48.1 Å². The quantitative estimate of drug-likeness (QED) is 0.582. The summed E-state index contributed by atoms with van der Waals surface area (Å²) in [5.74, 6) is -0.222. The largest absolute Gasteiger partial charge is 0.351 e. The lowest BCUT2D eigenvalue weighted by Crippen LogP contribution is -1.91. The molecule has 3 rings (SSSR count). The van der Waals surface area contributed by atoms with E-state index in [1.54, 1.807) is 18.5 Å². The lowest BCUT2D eigenvalue weighted by molar-refractivity contribution is 0.627. The van der Waals surface area contributed by atoms with Gasteiger partial charge in [-0.2, -0.15) is 0 Å². The van der Waals surface area contributed by atoms with Crippen LogP contribution in [0, 0.1) is 19.7 Å². The number of aromatic nitrogens is 2. The molecule has 0 amide bonds. The van der Waals surface area contributed by atoms with Gasteiger partial charge in [0.05, 0.1) is 12.0 Å². The van der Waals surface area contributed by atoms with Crippen molar-refractivity contribution < 1.29 is 4.39 Å². The first-order valence-corrected chi connectivity index (χ1v) is 8.64. The molecular weight excluding hydrogens is 311 g/mol. The number of hydrogen-bond acceptors (Lipinski definition) is 1. The van der Waals surface area contributed by atoms with Crippen LogP contribution in [0.2, 0.25) is 0 Å². The molecule has 0 radical (unpaired) electrons. The first-order chi connectivity index (χ1) is 12.1. The number of nitrogens with zero attached hydrogens (tertiary/aromatic N) is 1. The summed E-state index contributed by atoms with van der Waals surface area (Å²) >= 11 is 0. The smallest absolute Gasteiger partial charge is 0.123 e. The standard InChI is InChI=1S/C22H23FN2/c1-16-11-17(2)13-18(12-16)5-3-4-6-21(22-14-24-15-25-22)19-7-9-20(23)10-8-19/h6-15H,3-5H2,1-2H3,(H,24,25)/b21-6+. The highest BCUT2D eigenvalue weighted by Gasteiger charge is 2.07. The Morgan fingerprint density at radius 3 is 2.44 bits per heavy atom. The topological polar surface area (TPSA) is 28.7 Å². The van der Waals surface area contributed by atoms with Gasteiger partial charge < -0.3 is 4.98 Å². The van der Waals surface area contributed by atoms with Crippen LogP contribution in [0.5, 0.6) is 0 Å². The molecule has 3 aromatic rings. The van der Waals surface area contributed by atoms with E-state index in [1.165, 1.54) is 28.8 Å². The first-order valence-electron chi connectivity index (χ1n) is 8.64. The van der Waals surface area contributed by atoms with Gasteiger partial charge in [-0.3, -0.25) is 0 Å². The fraction of sp³-hybridized carbons (Fsp3) is 0.227. The van der Waals surface area contributed by atoms with E-state index in [0.29, 0.717) is 0 Å². The van der Waals surface area contributed by atoms with Crippen molar-refractivity contribution in [3.8, 4) is 0 Å². The summed E-state index contributed by atoms with van der Waals surface area (Å²) in [7, 11) is 0. The molecule has 0 saturated heterocycles. The van der Waals surface area contributed by atoms with Crippen molar-refractivity contribution in [3.63, 3.8) is 0 Å². The Morgan fingerprint density at radius 2 is 1.80 bits per heavy atom. The average Bonchev–Trinajstić information content (AvgIpc) is 3.09. The molecule has 0 aliphatic carbocycles. The summed E-state index contributed by atoms with van der Waals surface area (Å²) in [6.45, 7) is 4.28. The van der Waals surface area contributed by atoms with Crippen LogP contribution in [-0.2, 0) is 6.42 Å². The predicted octanol–water partition coefficient (Wildman–Crippen LogP) is 5.62. The van der Waals surface area contributed by atoms with Gasteiger partial charge in [0, 0.05) is 11.8 Å². The molecule has 2 aromatic carbocycles. The van der Waals surface area contributed by atoms with Gasteiger partial charge in [-0.25, -0.2) is 9.37 Å². The number of aromatic amines is 1. The maximum absolute atomic E-state index is 13.2. The number of nitrogens with one attached hydrogen (secondary N) is 1. The number of rotatable bonds is 6. The van der Waals surface area contributed by atoms with Crippen molar-refractivity contribution in [3.05, 3.63) is 94.8 Å². The molecule has 3 heteroatoms. The number of allylic oxidation sites excluding steroid dienone is 1. The minimum atomic E-state index is -0.222. The SMILES string of the molecule is Cc1cc(C)cc(CCC/C=C(\c2ccc(F)cc2)c2c[nH]cn2)c1. The molecule has 1 N–H and O–H groups in total. The summed E-state index contributed by atoms with van der Waals surface area (Å²) < 4.78 is 13.2. The van der Waals surface area contributed by atoms with Gasteiger partial charge in [0.15, 0.2) is 0 Å². The van der Waals surface area contributed by atoms with Gasteiger partial charge in [-0.15, -0.1) is 0 Å². The van der Waals surface area contributed by atoms with E-state index < -0.39 is 0 Å². The summed E-state index contributed by atoms with van der Waals surface area (Å²) in [6, 6.07) is 13.3.